The van der Waals surface area contributed by atoms with Gasteiger partial charge in [0, 0.05) is 41.8 Å². The third kappa shape index (κ3) is 7.56. The molecule has 14 nitrogen and oxygen atoms in total. The molecule has 4 N–H and O–H groups in total. The number of amides is 1. The average Bonchev–Trinajstić information content (AvgIpc) is 3.85. The molecule has 0 saturated heterocycles. The minimum Gasteiger partial charge on any atom is -0.476 e. The number of ether oxygens (including phenoxy) is 1. The van der Waals surface area contributed by atoms with Crippen molar-refractivity contribution in [1.29, 1.82) is 0 Å². The van der Waals surface area contributed by atoms with Crippen LogP contribution in [0.5, 0.6) is 0 Å². The number of nitrogens with one attached hydrogen (secondary N) is 2. The maximum Gasteiger partial charge on any atom is 0.355 e. The summed E-state index contributed by atoms with van der Waals surface area (Å²) in [5.74, 6) is -1.53. The van der Waals surface area contributed by atoms with Crippen molar-refractivity contribution in [3.8, 4) is 22.5 Å². The number of pyridine rings is 1. The van der Waals surface area contributed by atoms with Gasteiger partial charge in [-0.2, -0.15) is 13.5 Å². The smallest absolute Gasteiger partial charge is 0.355 e. The first-order valence-electron chi connectivity index (χ1n) is 19.9. The molecule has 16 heteroatoms. The molecule has 0 spiro atoms. The zero-order valence-electron chi connectivity index (χ0n) is 33.2. The number of thiazole rings is 1. The molecule has 4 bridgehead atoms. The highest BCUT2D eigenvalue weighted by atomic mass is 32.2. The van der Waals surface area contributed by atoms with E-state index in [1.165, 1.54) is 15.9 Å². The fourth-order valence-corrected chi connectivity index (χ4v) is 12.9. The molecule has 4 aliphatic carbocycles. The van der Waals surface area contributed by atoms with E-state index in [0.717, 1.165) is 59.8 Å². The van der Waals surface area contributed by atoms with Crippen LogP contribution in [0.2, 0.25) is 0 Å². The molecule has 308 valence electrons. The topological polar surface area (TPSA) is 191 Å². The Kier molecular flexibility index (Phi) is 9.59. The van der Waals surface area contributed by atoms with Gasteiger partial charge in [-0.15, -0.1) is 0 Å². The van der Waals surface area contributed by atoms with Crippen LogP contribution >= 0.6 is 11.3 Å². The molecule has 2 atom stereocenters. The molecule has 59 heavy (non-hydrogen) atoms. The molecule has 0 radical (unpaired) electrons. The van der Waals surface area contributed by atoms with E-state index in [0.29, 0.717) is 52.9 Å². The Morgan fingerprint density at radius 1 is 0.915 bits per heavy atom. The van der Waals surface area contributed by atoms with Crippen molar-refractivity contribution in [1.82, 2.24) is 29.6 Å². The quantitative estimate of drug-likeness (QED) is 0.0654. The number of fused-ring (bicyclic) bond motifs is 2. The molecule has 0 aliphatic heterocycles. The summed E-state index contributed by atoms with van der Waals surface area (Å²) >= 11 is 1.37. The zero-order chi connectivity index (χ0) is 41.4. The van der Waals surface area contributed by atoms with Crippen molar-refractivity contribution in [3.05, 3.63) is 84.3 Å². The molecule has 2 aromatic carbocycles. The molecular formula is C43H47N7O7S2. The Morgan fingerprint density at radius 2 is 1.66 bits per heavy atom. The van der Waals surface area contributed by atoms with E-state index < -0.39 is 22.1 Å². The summed E-state index contributed by atoms with van der Waals surface area (Å²) in [5.41, 5.74) is 3.83. The molecule has 2 unspecified atom stereocenters. The summed E-state index contributed by atoms with van der Waals surface area (Å²) in [7, 11) is -4.02. The van der Waals surface area contributed by atoms with Crippen molar-refractivity contribution in [3.63, 3.8) is 0 Å². The summed E-state index contributed by atoms with van der Waals surface area (Å²) in [4.78, 5) is 36.2. The highest BCUT2D eigenvalue weighted by molar-refractivity contribution is 7.85. The van der Waals surface area contributed by atoms with Gasteiger partial charge in [0.2, 0.25) is 0 Å². The molecule has 6 aromatic rings. The van der Waals surface area contributed by atoms with Gasteiger partial charge in [-0.1, -0.05) is 55.5 Å². The van der Waals surface area contributed by atoms with E-state index in [-0.39, 0.29) is 39.8 Å². The van der Waals surface area contributed by atoms with Crippen LogP contribution in [0.3, 0.4) is 0 Å². The lowest BCUT2D eigenvalue weighted by Crippen LogP contribution is -2.64. The van der Waals surface area contributed by atoms with E-state index in [2.05, 4.69) is 29.5 Å². The van der Waals surface area contributed by atoms with Gasteiger partial charge in [-0.3, -0.25) is 19.1 Å². The Labute approximate surface area is 345 Å². The minimum atomic E-state index is -4.02. The van der Waals surface area contributed by atoms with Crippen LogP contribution in [0.25, 0.3) is 43.6 Å². The van der Waals surface area contributed by atoms with E-state index in [9.17, 15) is 23.1 Å². The SMILES string of the molecule is Cc1c(-c2ccc(-c3cc4ccccc4n3C(=O)Nc3nc4ccccc4s3)nc2C(=O)O)cnn1CC12CC3(C)CC(C)(C1)CC(OCCNCCS(=O)(=O)O)(C3)C2. The Hall–Kier alpha value is -5.00. The molecule has 4 aromatic heterocycles. The fourth-order valence-electron chi connectivity index (χ4n) is 11.6. The molecule has 4 saturated carbocycles. The molecule has 4 heterocycles. The average molecular weight is 838 g/mol. The van der Waals surface area contributed by atoms with Gasteiger partial charge in [0.25, 0.3) is 10.1 Å². The maximum atomic E-state index is 14.0. The number of carbonyl (C=O) groups is 2. The van der Waals surface area contributed by atoms with E-state index >= 15 is 0 Å². The molecular weight excluding hydrogens is 791 g/mol. The number of carboxylic acid groups (broad SMARTS) is 1. The summed E-state index contributed by atoms with van der Waals surface area (Å²) in [6.45, 7) is 8.46. The number of aromatic nitrogens is 5. The number of carbonyl (C=O) groups excluding carboxylic acids is 1. The normalized spacial score (nSPS) is 24.9. The van der Waals surface area contributed by atoms with Crippen LogP contribution < -0.4 is 10.6 Å². The lowest BCUT2D eigenvalue weighted by molar-refractivity contribution is -0.247. The van der Waals surface area contributed by atoms with Crippen LogP contribution in [0.4, 0.5) is 9.93 Å². The first-order chi connectivity index (χ1) is 28.0. The summed E-state index contributed by atoms with van der Waals surface area (Å²) in [6.07, 6.45) is 7.75. The first-order valence-corrected chi connectivity index (χ1v) is 22.3. The van der Waals surface area contributed by atoms with Crippen LogP contribution in [-0.2, 0) is 21.4 Å². The Bertz CT molecular complexity index is 2700. The number of benzene rings is 2. The van der Waals surface area contributed by atoms with Gasteiger partial charge >= 0.3 is 12.0 Å². The predicted octanol–water partition coefficient (Wildman–Crippen LogP) is 7.88. The number of carboxylic acids is 1. The van der Waals surface area contributed by atoms with E-state index in [1.54, 1.807) is 18.3 Å². The predicted molar refractivity (Wildman–Crippen MR) is 226 cm³/mol. The summed E-state index contributed by atoms with van der Waals surface area (Å²) in [5, 5.41) is 22.7. The highest BCUT2D eigenvalue weighted by Gasteiger charge is 2.66. The van der Waals surface area contributed by atoms with Gasteiger partial charge in [0.15, 0.2) is 10.8 Å². The van der Waals surface area contributed by atoms with Gasteiger partial charge < -0.3 is 15.2 Å². The first kappa shape index (κ1) is 39.5. The number of rotatable bonds is 13. The fraction of sp³-hybridized carbons (Fsp3) is 0.419. The minimum absolute atomic E-state index is 0.0816. The van der Waals surface area contributed by atoms with E-state index in [4.69, 9.17) is 19.4 Å². The molecule has 10 rings (SSSR count). The largest absolute Gasteiger partial charge is 0.476 e. The number of aromatic carboxylic acids is 1. The van der Waals surface area contributed by atoms with Gasteiger partial charge in [0.1, 0.15) is 0 Å². The van der Waals surface area contributed by atoms with Crippen molar-refractivity contribution >= 4 is 59.7 Å². The van der Waals surface area contributed by atoms with Crippen LogP contribution in [0, 0.1) is 23.2 Å². The van der Waals surface area contributed by atoms with Crippen molar-refractivity contribution < 1.29 is 32.4 Å². The monoisotopic (exact) mass is 837 g/mol. The van der Waals surface area contributed by atoms with Crippen molar-refractivity contribution in [2.75, 3.05) is 30.8 Å². The van der Waals surface area contributed by atoms with Crippen molar-refractivity contribution in [2.45, 2.75) is 71.4 Å². The van der Waals surface area contributed by atoms with Gasteiger partial charge in [0.05, 0.1) is 51.3 Å². The maximum absolute atomic E-state index is 14.0. The van der Waals surface area contributed by atoms with Crippen LogP contribution in [-0.4, -0.2) is 85.4 Å². The third-order valence-corrected chi connectivity index (χ3v) is 14.2. The highest BCUT2D eigenvalue weighted by Crippen LogP contribution is 2.72. The number of hydrogen-bond donors (Lipinski definition) is 4. The second-order valence-corrected chi connectivity index (χ2v) is 20.4. The van der Waals surface area contributed by atoms with Crippen LogP contribution in [0.15, 0.2) is 72.9 Å². The standard InChI is InChI=1S/C43H47N7O7S2/c1-27-30(19-45-49(27)26-42-21-40(2)20-41(3,22-42)24-43(23-40,25-42)57-16-14-44-15-17-59(54,55)56)29-12-13-31(46-36(29)37(51)52)34-18-28-8-4-6-10-33(28)50(34)39(53)48-38-47-32-9-5-7-11-35(32)58-38/h4-13,18-19,44H,14-17,20-26H2,1-3H3,(H,51,52)(H,47,48,53)(H,54,55,56). The third-order valence-electron chi connectivity index (χ3n) is 12.5. The Balaban J connectivity index is 0.989. The number of para-hydroxylation sites is 2. The molecule has 1 amide bonds. The number of hydrogen-bond acceptors (Lipinski definition) is 10. The number of anilines is 1. The summed E-state index contributed by atoms with van der Waals surface area (Å²) < 4.78 is 42.5. The van der Waals surface area contributed by atoms with Gasteiger partial charge in [-0.05, 0) is 98.1 Å². The summed E-state index contributed by atoms with van der Waals surface area (Å²) in [6, 6.07) is 20.1. The second-order valence-electron chi connectivity index (χ2n) is 17.8. The van der Waals surface area contributed by atoms with Crippen LogP contribution in [0.1, 0.15) is 68.6 Å². The van der Waals surface area contributed by atoms with E-state index in [1.807, 2.05) is 66.2 Å². The van der Waals surface area contributed by atoms with Gasteiger partial charge in [-0.25, -0.2) is 19.6 Å². The molecule has 4 aliphatic rings. The zero-order valence-corrected chi connectivity index (χ0v) is 34.8. The lowest BCUT2D eigenvalue weighted by atomic mass is 9.39. The Morgan fingerprint density at radius 3 is 2.41 bits per heavy atom. The van der Waals surface area contributed by atoms with Crippen molar-refractivity contribution in [2.24, 2.45) is 16.2 Å². The molecule has 4 fully saturated rings. The number of nitrogens with zero attached hydrogens (tertiary/aromatic N) is 5. The second kappa shape index (κ2) is 14.3. The lowest BCUT2D eigenvalue weighted by Gasteiger charge is -2.69.